The van der Waals surface area contributed by atoms with Gasteiger partial charge in [0.05, 0.1) is 0 Å². The summed E-state index contributed by atoms with van der Waals surface area (Å²) in [5.41, 5.74) is 0.169. The Hall–Kier alpha value is -0.520. The molecule has 0 bridgehead atoms. The molecule has 1 rings (SSSR count). The Kier molecular flexibility index (Phi) is 7.24. The lowest BCUT2D eigenvalue weighted by molar-refractivity contribution is -0.174. The molecule has 21 heavy (non-hydrogen) atoms. The smallest absolute Gasteiger partial charge is 0.372 e. The van der Waals surface area contributed by atoms with E-state index < -0.39 is 18.2 Å². The first kappa shape index (κ1) is 18.5. The second kappa shape index (κ2) is 8.20. The Labute approximate surface area is 131 Å². The van der Waals surface area contributed by atoms with Crippen LogP contribution in [0.3, 0.4) is 0 Å². The zero-order valence-electron chi connectivity index (χ0n) is 11.2. The highest BCUT2D eigenvalue weighted by Gasteiger charge is 2.31. The van der Waals surface area contributed by atoms with Gasteiger partial charge in [0.25, 0.3) is 0 Å². The van der Waals surface area contributed by atoms with Crippen molar-refractivity contribution in [2.45, 2.75) is 24.4 Å². The molecule has 0 aliphatic carbocycles. The molecule has 0 unspecified atom stereocenters. The second-order valence-corrected chi connectivity index (χ2v) is 5.36. The van der Waals surface area contributed by atoms with Crippen molar-refractivity contribution in [3.05, 3.63) is 35.6 Å². The molecule has 1 aromatic rings. The third-order valence-electron chi connectivity index (χ3n) is 3.18. The summed E-state index contributed by atoms with van der Waals surface area (Å²) in [7, 11) is 0. The average molecular weight is 347 g/mol. The fraction of sp³-hybridized carbons (Fsp3) is 0.571. The van der Waals surface area contributed by atoms with E-state index in [1.165, 1.54) is 12.1 Å². The summed E-state index contributed by atoms with van der Waals surface area (Å²) in [5.74, 6) is 0.0216. The molecule has 0 heterocycles. The van der Waals surface area contributed by atoms with Crippen molar-refractivity contribution in [2.75, 3.05) is 25.0 Å². The monoisotopic (exact) mass is 346 g/mol. The second-order valence-electron chi connectivity index (χ2n) is 4.83. The Bertz CT molecular complexity index is 416. The summed E-state index contributed by atoms with van der Waals surface area (Å²) >= 11 is 12.0. The first-order valence-electron chi connectivity index (χ1n) is 6.35. The summed E-state index contributed by atoms with van der Waals surface area (Å²) in [4.78, 5) is 0. The molecule has 0 aliphatic heterocycles. The number of hydrogen-bond acceptors (Lipinski definition) is 1. The first-order chi connectivity index (χ1) is 9.83. The van der Waals surface area contributed by atoms with Gasteiger partial charge in [-0.1, -0.05) is 12.1 Å². The van der Waals surface area contributed by atoms with Crippen LogP contribution in [-0.4, -0.2) is 31.2 Å². The molecule has 0 aromatic heterocycles. The van der Waals surface area contributed by atoms with Crippen molar-refractivity contribution in [1.82, 2.24) is 0 Å². The van der Waals surface area contributed by atoms with Gasteiger partial charge < -0.3 is 4.74 Å². The van der Waals surface area contributed by atoms with E-state index in [0.29, 0.717) is 12.8 Å². The van der Waals surface area contributed by atoms with Crippen LogP contribution in [0.2, 0.25) is 0 Å². The zero-order valence-corrected chi connectivity index (χ0v) is 12.7. The molecule has 0 spiro atoms. The third kappa shape index (κ3) is 6.01. The minimum absolute atomic E-state index is 0.0315. The molecule has 0 saturated heterocycles. The minimum Gasteiger partial charge on any atom is -0.372 e. The van der Waals surface area contributed by atoms with Gasteiger partial charge >= 0.3 is 6.18 Å². The molecule has 0 N–H and O–H groups in total. The molecular weight excluding hydrogens is 331 g/mol. The van der Waals surface area contributed by atoms with Crippen molar-refractivity contribution in [3.63, 3.8) is 0 Å². The maximum atomic E-state index is 13.0. The maximum absolute atomic E-state index is 13.0. The predicted octanol–water partition coefficient (Wildman–Crippen LogP) is 4.90. The first-order valence-corrected chi connectivity index (χ1v) is 7.42. The molecule has 1 aromatic carbocycles. The number of benzene rings is 1. The van der Waals surface area contributed by atoms with Crippen LogP contribution in [0.5, 0.6) is 0 Å². The van der Waals surface area contributed by atoms with Gasteiger partial charge in [-0.15, -0.1) is 23.2 Å². The van der Waals surface area contributed by atoms with E-state index in [-0.39, 0.29) is 24.2 Å². The van der Waals surface area contributed by atoms with E-state index in [1.54, 1.807) is 12.1 Å². The molecule has 120 valence electrons. The SMILES string of the molecule is Fc1ccc(C(CCl)(CCl)CCCOCC(F)(F)F)cc1. The molecule has 0 fully saturated rings. The van der Waals surface area contributed by atoms with Gasteiger partial charge in [0.1, 0.15) is 12.4 Å². The van der Waals surface area contributed by atoms with Crippen molar-refractivity contribution in [2.24, 2.45) is 0 Å². The van der Waals surface area contributed by atoms with Crippen LogP contribution in [0.4, 0.5) is 17.6 Å². The highest BCUT2D eigenvalue weighted by atomic mass is 35.5. The molecule has 0 aliphatic rings. The summed E-state index contributed by atoms with van der Waals surface area (Å²) in [6, 6.07) is 5.81. The van der Waals surface area contributed by atoms with Gasteiger partial charge in [-0.2, -0.15) is 13.2 Å². The molecule has 0 amide bonds. The number of hydrogen-bond donors (Lipinski definition) is 0. The van der Waals surface area contributed by atoms with Crippen molar-refractivity contribution in [3.8, 4) is 0 Å². The molecular formula is C14H16Cl2F4O. The molecule has 0 saturated carbocycles. The van der Waals surface area contributed by atoms with E-state index in [0.717, 1.165) is 5.56 Å². The van der Waals surface area contributed by atoms with Crippen LogP contribution in [-0.2, 0) is 10.2 Å². The fourth-order valence-electron chi connectivity index (χ4n) is 1.97. The normalized spacial score (nSPS) is 12.7. The highest BCUT2D eigenvalue weighted by molar-refractivity contribution is 6.22. The van der Waals surface area contributed by atoms with Gasteiger partial charge in [-0.25, -0.2) is 4.39 Å². The van der Waals surface area contributed by atoms with E-state index in [4.69, 9.17) is 23.2 Å². The Morgan fingerprint density at radius 1 is 1.00 bits per heavy atom. The molecule has 0 radical (unpaired) electrons. The highest BCUT2D eigenvalue weighted by Crippen LogP contribution is 2.32. The van der Waals surface area contributed by atoms with Gasteiger partial charge in [-0.3, -0.25) is 0 Å². The van der Waals surface area contributed by atoms with E-state index in [1.807, 2.05) is 0 Å². The number of ether oxygens (including phenoxy) is 1. The number of halogens is 6. The van der Waals surface area contributed by atoms with E-state index >= 15 is 0 Å². The Balaban J connectivity index is 2.59. The zero-order chi connectivity index (χ0) is 15.9. The Morgan fingerprint density at radius 3 is 2.05 bits per heavy atom. The van der Waals surface area contributed by atoms with Crippen LogP contribution in [0.1, 0.15) is 18.4 Å². The minimum atomic E-state index is -4.33. The molecule has 0 atom stereocenters. The summed E-state index contributed by atoms with van der Waals surface area (Å²) in [6.07, 6.45) is -3.48. The predicted molar refractivity (Wildman–Crippen MR) is 75.6 cm³/mol. The quantitative estimate of drug-likeness (QED) is 0.369. The third-order valence-corrected chi connectivity index (χ3v) is 4.20. The van der Waals surface area contributed by atoms with Gasteiger partial charge in [-0.05, 0) is 30.5 Å². The van der Waals surface area contributed by atoms with Crippen LogP contribution in [0.15, 0.2) is 24.3 Å². The van der Waals surface area contributed by atoms with Crippen LogP contribution in [0.25, 0.3) is 0 Å². The number of alkyl halides is 5. The van der Waals surface area contributed by atoms with Crippen molar-refractivity contribution >= 4 is 23.2 Å². The largest absolute Gasteiger partial charge is 0.411 e. The lowest BCUT2D eigenvalue weighted by atomic mass is 9.80. The maximum Gasteiger partial charge on any atom is 0.411 e. The van der Waals surface area contributed by atoms with Crippen LogP contribution >= 0.6 is 23.2 Å². The summed E-state index contributed by atoms with van der Waals surface area (Å²) in [6.45, 7) is -1.30. The van der Waals surface area contributed by atoms with E-state index in [9.17, 15) is 17.6 Å². The van der Waals surface area contributed by atoms with Gasteiger partial charge in [0.15, 0.2) is 0 Å². The number of rotatable bonds is 8. The standard InChI is InChI=1S/C14H16Cl2F4O/c15-8-13(9-16,11-2-4-12(17)5-3-11)6-1-7-21-10-14(18,19)20/h2-5H,1,6-10H2. The Morgan fingerprint density at radius 2 is 1.57 bits per heavy atom. The van der Waals surface area contributed by atoms with Crippen LogP contribution in [0, 0.1) is 5.82 Å². The fourth-order valence-corrected chi connectivity index (χ4v) is 2.83. The molecule has 1 nitrogen and oxygen atoms in total. The van der Waals surface area contributed by atoms with Crippen LogP contribution < -0.4 is 0 Å². The summed E-state index contributed by atoms with van der Waals surface area (Å²) < 4.78 is 53.4. The van der Waals surface area contributed by atoms with Crippen molar-refractivity contribution < 1.29 is 22.3 Å². The average Bonchev–Trinajstić information content (AvgIpc) is 2.43. The lowest BCUT2D eigenvalue weighted by Crippen LogP contribution is -2.31. The van der Waals surface area contributed by atoms with Gasteiger partial charge in [0, 0.05) is 23.8 Å². The summed E-state index contributed by atoms with van der Waals surface area (Å²) in [5, 5.41) is 0. The lowest BCUT2D eigenvalue weighted by Gasteiger charge is -2.30. The topological polar surface area (TPSA) is 9.23 Å². The van der Waals surface area contributed by atoms with Gasteiger partial charge in [0.2, 0.25) is 0 Å². The van der Waals surface area contributed by atoms with E-state index in [2.05, 4.69) is 4.74 Å². The van der Waals surface area contributed by atoms with Crippen molar-refractivity contribution in [1.29, 1.82) is 0 Å². The molecule has 7 heteroatoms.